The first-order valence-corrected chi connectivity index (χ1v) is 7.88. The molecule has 0 saturated heterocycles. The fraction of sp³-hybridized carbons (Fsp3) is 0.263. The summed E-state index contributed by atoms with van der Waals surface area (Å²) in [5.74, 6) is 0.639. The summed E-state index contributed by atoms with van der Waals surface area (Å²) in [4.78, 5) is 25.2. The van der Waals surface area contributed by atoms with Crippen LogP contribution < -0.4 is 5.73 Å². The summed E-state index contributed by atoms with van der Waals surface area (Å²) in [5.41, 5.74) is 8.98. The van der Waals surface area contributed by atoms with E-state index in [-0.39, 0.29) is 5.78 Å². The van der Waals surface area contributed by atoms with Gasteiger partial charge in [-0.15, -0.1) is 0 Å². The minimum Gasteiger partial charge on any atom is -0.387 e. The number of rotatable bonds is 2. The number of allylic oxidation sites excluding steroid dienone is 1. The van der Waals surface area contributed by atoms with Crippen molar-refractivity contribution >= 4 is 11.6 Å². The first-order valence-electron chi connectivity index (χ1n) is 7.88. The van der Waals surface area contributed by atoms with E-state index in [9.17, 15) is 4.79 Å². The molecule has 0 spiro atoms. The highest BCUT2D eigenvalue weighted by molar-refractivity contribution is 5.97. The zero-order valence-electron chi connectivity index (χ0n) is 13.9. The molecular weight excluding hydrogens is 300 g/mol. The van der Waals surface area contributed by atoms with Crippen molar-refractivity contribution in [1.29, 1.82) is 0 Å². The van der Waals surface area contributed by atoms with E-state index >= 15 is 0 Å². The molecule has 1 atom stereocenters. The first-order chi connectivity index (χ1) is 11.5. The smallest absolute Gasteiger partial charge is 0.161 e. The molecule has 0 fully saturated rings. The van der Waals surface area contributed by atoms with Gasteiger partial charge in [-0.2, -0.15) is 0 Å². The number of nitrogens with two attached hydrogens (primary N) is 1. The van der Waals surface area contributed by atoms with Crippen molar-refractivity contribution in [3.8, 4) is 11.1 Å². The van der Waals surface area contributed by atoms with Gasteiger partial charge < -0.3 is 5.73 Å². The number of amidine groups is 1. The van der Waals surface area contributed by atoms with E-state index < -0.39 is 5.54 Å². The zero-order valence-corrected chi connectivity index (χ0v) is 13.9. The third kappa shape index (κ3) is 3.25. The van der Waals surface area contributed by atoms with Gasteiger partial charge in [-0.05, 0) is 36.6 Å². The molecule has 0 amide bonds. The van der Waals surface area contributed by atoms with Crippen LogP contribution in [0.5, 0.6) is 0 Å². The number of nitrogens with zero attached hydrogens (tertiary/aromatic N) is 3. The van der Waals surface area contributed by atoms with Crippen LogP contribution in [-0.2, 0) is 10.3 Å². The number of carbonyl (C=O) groups excluding carboxylic acids is 1. The molecule has 24 heavy (non-hydrogen) atoms. The summed E-state index contributed by atoms with van der Waals surface area (Å²) in [7, 11) is 0. The SMILES string of the molecule is CC1=CCC(N)=N[C@](C)(c2cccc(-c3cncnc3)c2)CC1=O. The minimum absolute atomic E-state index is 0.0993. The molecule has 0 saturated carbocycles. The number of benzene rings is 1. The van der Waals surface area contributed by atoms with E-state index in [0.29, 0.717) is 18.7 Å². The van der Waals surface area contributed by atoms with Gasteiger partial charge in [0.05, 0.1) is 11.4 Å². The third-order valence-corrected chi connectivity index (χ3v) is 4.33. The summed E-state index contributed by atoms with van der Waals surface area (Å²) < 4.78 is 0. The van der Waals surface area contributed by atoms with Crippen molar-refractivity contribution < 1.29 is 4.79 Å². The van der Waals surface area contributed by atoms with E-state index in [1.54, 1.807) is 12.4 Å². The van der Waals surface area contributed by atoms with Gasteiger partial charge in [0, 0.05) is 30.8 Å². The van der Waals surface area contributed by atoms with Gasteiger partial charge in [0.1, 0.15) is 6.33 Å². The highest BCUT2D eigenvalue weighted by Gasteiger charge is 2.31. The molecule has 2 heterocycles. The van der Waals surface area contributed by atoms with Gasteiger partial charge in [0.15, 0.2) is 5.78 Å². The molecule has 2 aromatic rings. The molecule has 1 aromatic carbocycles. The maximum absolute atomic E-state index is 12.4. The Balaban J connectivity index is 2.05. The van der Waals surface area contributed by atoms with Crippen molar-refractivity contribution in [3.63, 3.8) is 0 Å². The number of hydrogen-bond acceptors (Lipinski definition) is 5. The van der Waals surface area contributed by atoms with Gasteiger partial charge in [0.25, 0.3) is 0 Å². The van der Waals surface area contributed by atoms with Crippen LogP contribution in [0.4, 0.5) is 0 Å². The second-order valence-corrected chi connectivity index (χ2v) is 6.28. The average molecular weight is 320 g/mol. The molecule has 5 heteroatoms. The average Bonchev–Trinajstić information content (AvgIpc) is 2.59. The van der Waals surface area contributed by atoms with Crippen LogP contribution in [0, 0.1) is 0 Å². The van der Waals surface area contributed by atoms with Crippen LogP contribution in [0.3, 0.4) is 0 Å². The third-order valence-electron chi connectivity index (χ3n) is 4.33. The van der Waals surface area contributed by atoms with Crippen molar-refractivity contribution in [2.24, 2.45) is 10.7 Å². The van der Waals surface area contributed by atoms with Gasteiger partial charge in [0.2, 0.25) is 0 Å². The number of aliphatic imine (C=N–C) groups is 1. The maximum Gasteiger partial charge on any atom is 0.161 e. The number of ketones is 1. The lowest BCUT2D eigenvalue weighted by molar-refractivity contribution is -0.116. The molecular formula is C19H20N4O. The van der Waals surface area contributed by atoms with Crippen LogP contribution in [-0.4, -0.2) is 21.6 Å². The summed E-state index contributed by atoms with van der Waals surface area (Å²) in [6, 6.07) is 7.97. The lowest BCUT2D eigenvalue weighted by Gasteiger charge is -2.28. The Morgan fingerprint density at radius 2 is 1.92 bits per heavy atom. The summed E-state index contributed by atoms with van der Waals surface area (Å²) >= 11 is 0. The van der Waals surface area contributed by atoms with Crippen LogP contribution in [0.25, 0.3) is 11.1 Å². The van der Waals surface area contributed by atoms with Crippen LogP contribution in [0.2, 0.25) is 0 Å². The van der Waals surface area contributed by atoms with Crippen molar-refractivity contribution in [3.05, 3.63) is 60.2 Å². The van der Waals surface area contributed by atoms with E-state index in [2.05, 4.69) is 15.0 Å². The quantitative estimate of drug-likeness (QED) is 0.922. The molecule has 1 aliphatic heterocycles. The normalized spacial score (nSPS) is 21.5. The zero-order chi connectivity index (χ0) is 17.2. The molecule has 3 rings (SSSR count). The lowest BCUT2D eigenvalue weighted by Crippen LogP contribution is -2.29. The highest BCUT2D eigenvalue weighted by atomic mass is 16.1. The monoisotopic (exact) mass is 320 g/mol. The number of Topliss-reactive ketones (excluding diaryl/α,β-unsaturated/α-hetero) is 1. The summed E-state index contributed by atoms with van der Waals surface area (Å²) in [6.45, 7) is 3.79. The van der Waals surface area contributed by atoms with E-state index in [1.165, 1.54) is 6.33 Å². The first kappa shape index (κ1) is 16.1. The van der Waals surface area contributed by atoms with E-state index in [4.69, 9.17) is 5.73 Å². The minimum atomic E-state index is -0.678. The number of hydrogen-bond donors (Lipinski definition) is 1. The Kier molecular flexibility index (Phi) is 4.25. The Hall–Kier alpha value is -2.82. The van der Waals surface area contributed by atoms with Crippen molar-refractivity contribution in [2.75, 3.05) is 0 Å². The molecule has 0 radical (unpaired) electrons. The topological polar surface area (TPSA) is 81.2 Å². The standard InChI is InChI=1S/C19H20N4O/c1-13-6-7-18(20)23-19(2,9-17(13)24)16-5-3-4-14(8-16)15-10-21-12-22-11-15/h3-6,8,10-12H,7,9H2,1-2H3,(H2,20,23)/t19-/m0/s1. The van der Waals surface area contributed by atoms with E-state index in [1.807, 2.05) is 44.2 Å². The Morgan fingerprint density at radius 1 is 1.17 bits per heavy atom. The number of carbonyl (C=O) groups is 1. The molecule has 122 valence electrons. The molecule has 1 aromatic heterocycles. The van der Waals surface area contributed by atoms with Crippen LogP contribution in [0.15, 0.2) is 59.6 Å². The second kappa shape index (κ2) is 6.35. The van der Waals surface area contributed by atoms with Crippen LogP contribution >= 0.6 is 0 Å². The van der Waals surface area contributed by atoms with Gasteiger partial charge in [-0.3, -0.25) is 9.79 Å². The fourth-order valence-electron chi connectivity index (χ4n) is 2.87. The predicted octanol–water partition coefficient (Wildman–Crippen LogP) is 3.03. The second-order valence-electron chi connectivity index (χ2n) is 6.28. The molecule has 5 nitrogen and oxygen atoms in total. The number of aromatic nitrogens is 2. The summed E-state index contributed by atoms with van der Waals surface area (Å²) in [5, 5.41) is 0. The lowest BCUT2D eigenvalue weighted by atomic mass is 9.84. The summed E-state index contributed by atoms with van der Waals surface area (Å²) in [6.07, 6.45) is 7.68. The molecule has 0 unspecified atom stereocenters. The van der Waals surface area contributed by atoms with Crippen LogP contribution in [0.1, 0.15) is 32.3 Å². The van der Waals surface area contributed by atoms with Gasteiger partial charge >= 0.3 is 0 Å². The molecule has 0 aliphatic carbocycles. The molecule has 0 bridgehead atoms. The Labute approximate surface area is 141 Å². The van der Waals surface area contributed by atoms with Gasteiger partial charge in [-0.1, -0.05) is 24.3 Å². The molecule has 1 aliphatic rings. The maximum atomic E-state index is 12.4. The highest BCUT2D eigenvalue weighted by Crippen LogP contribution is 2.34. The molecule has 2 N–H and O–H groups in total. The van der Waals surface area contributed by atoms with E-state index in [0.717, 1.165) is 22.3 Å². The Morgan fingerprint density at radius 3 is 2.67 bits per heavy atom. The van der Waals surface area contributed by atoms with Crippen molar-refractivity contribution in [2.45, 2.75) is 32.2 Å². The van der Waals surface area contributed by atoms with Gasteiger partial charge in [-0.25, -0.2) is 9.97 Å². The fourth-order valence-corrected chi connectivity index (χ4v) is 2.87. The predicted molar refractivity (Wildman–Crippen MR) is 94.4 cm³/mol. The Bertz CT molecular complexity index is 826. The largest absolute Gasteiger partial charge is 0.387 e. The van der Waals surface area contributed by atoms with Crippen molar-refractivity contribution in [1.82, 2.24) is 9.97 Å².